The van der Waals surface area contributed by atoms with Crippen LogP contribution in [0, 0.1) is 19.8 Å². The molecule has 0 saturated carbocycles. The van der Waals surface area contributed by atoms with E-state index in [1.807, 2.05) is 0 Å². The Balaban J connectivity index is 1.98. The van der Waals surface area contributed by atoms with Crippen LogP contribution >= 0.6 is 0 Å². The van der Waals surface area contributed by atoms with Gasteiger partial charge in [-0.1, -0.05) is 23.8 Å². The molecule has 1 fully saturated rings. The van der Waals surface area contributed by atoms with Crippen LogP contribution in [0.3, 0.4) is 0 Å². The SMILES string of the molecule is Cc1ccc(C)c(C(C)N2CCC(CCC(=O)O)C2)c1. The second-order valence-electron chi connectivity index (χ2n) is 6.12. The Morgan fingerprint density at radius 3 is 2.90 bits per heavy atom. The van der Waals surface area contributed by atoms with Gasteiger partial charge in [-0.3, -0.25) is 9.69 Å². The summed E-state index contributed by atoms with van der Waals surface area (Å²) >= 11 is 0. The number of hydrogen-bond acceptors (Lipinski definition) is 2. The summed E-state index contributed by atoms with van der Waals surface area (Å²) in [7, 11) is 0. The Labute approximate surface area is 121 Å². The smallest absolute Gasteiger partial charge is 0.303 e. The van der Waals surface area contributed by atoms with Crippen LogP contribution in [-0.2, 0) is 4.79 Å². The molecule has 1 aromatic rings. The highest BCUT2D eigenvalue weighted by Gasteiger charge is 2.27. The summed E-state index contributed by atoms with van der Waals surface area (Å²) in [6.45, 7) is 8.68. The van der Waals surface area contributed by atoms with Crippen molar-refractivity contribution in [3.05, 3.63) is 34.9 Å². The molecule has 2 atom stereocenters. The summed E-state index contributed by atoms with van der Waals surface area (Å²) in [6.07, 6.45) is 2.24. The molecule has 1 aromatic carbocycles. The average molecular weight is 275 g/mol. The Morgan fingerprint density at radius 1 is 1.45 bits per heavy atom. The van der Waals surface area contributed by atoms with Crippen LogP contribution in [0.15, 0.2) is 18.2 Å². The van der Waals surface area contributed by atoms with Gasteiger partial charge >= 0.3 is 5.97 Å². The van der Waals surface area contributed by atoms with E-state index >= 15 is 0 Å². The highest BCUT2D eigenvalue weighted by atomic mass is 16.4. The molecule has 0 spiro atoms. The molecule has 1 heterocycles. The minimum absolute atomic E-state index is 0.302. The van der Waals surface area contributed by atoms with Crippen molar-refractivity contribution in [3.8, 4) is 0 Å². The predicted octanol–water partition coefficient (Wildman–Crippen LogP) is 3.55. The van der Waals surface area contributed by atoms with Crippen LogP contribution in [0.5, 0.6) is 0 Å². The molecule has 1 N–H and O–H groups in total. The monoisotopic (exact) mass is 275 g/mol. The lowest BCUT2D eigenvalue weighted by atomic mass is 9.99. The molecule has 2 unspecified atom stereocenters. The molecule has 1 aliphatic heterocycles. The van der Waals surface area contributed by atoms with Crippen molar-refractivity contribution in [2.45, 2.75) is 46.1 Å². The van der Waals surface area contributed by atoms with Crippen LogP contribution < -0.4 is 0 Å². The van der Waals surface area contributed by atoms with Crippen LogP contribution in [0.25, 0.3) is 0 Å². The maximum atomic E-state index is 10.7. The van der Waals surface area contributed by atoms with Crippen molar-refractivity contribution >= 4 is 5.97 Å². The van der Waals surface area contributed by atoms with Gasteiger partial charge in [0.2, 0.25) is 0 Å². The molecule has 3 nitrogen and oxygen atoms in total. The van der Waals surface area contributed by atoms with Gasteiger partial charge in [0.1, 0.15) is 0 Å². The number of aryl methyl sites for hydroxylation is 2. The third-order valence-electron chi connectivity index (χ3n) is 4.52. The van der Waals surface area contributed by atoms with E-state index in [0.29, 0.717) is 18.4 Å². The molecule has 110 valence electrons. The molecule has 1 saturated heterocycles. The van der Waals surface area contributed by atoms with Crippen molar-refractivity contribution in [2.75, 3.05) is 13.1 Å². The molecule has 0 amide bonds. The lowest BCUT2D eigenvalue weighted by Gasteiger charge is -2.26. The zero-order valence-electron chi connectivity index (χ0n) is 12.7. The van der Waals surface area contributed by atoms with E-state index in [0.717, 1.165) is 25.9 Å². The third kappa shape index (κ3) is 3.60. The minimum atomic E-state index is -0.675. The van der Waals surface area contributed by atoms with Gasteiger partial charge in [0, 0.05) is 19.0 Å². The standard InChI is InChI=1S/C17H25NO2/c1-12-4-5-13(2)16(10-12)14(3)18-9-8-15(11-18)6-7-17(19)20/h4-5,10,14-15H,6-9,11H2,1-3H3,(H,19,20). The summed E-state index contributed by atoms with van der Waals surface area (Å²) < 4.78 is 0. The molecule has 0 aromatic heterocycles. The van der Waals surface area contributed by atoms with Gasteiger partial charge in [-0.05, 0) is 57.2 Å². The Bertz CT molecular complexity index is 484. The van der Waals surface area contributed by atoms with Gasteiger partial charge in [-0.15, -0.1) is 0 Å². The zero-order valence-corrected chi connectivity index (χ0v) is 12.7. The quantitative estimate of drug-likeness (QED) is 0.893. The zero-order chi connectivity index (χ0) is 14.7. The number of carboxylic acid groups (broad SMARTS) is 1. The third-order valence-corrected chi connectivity index (χ3v) is 4.52. The molecule has 0 aliphatic carbocycles. The van der Waals surface area contributed by atoms with Gasteiger partial charge in [-0.2, -0.15) is 0 Å². The van der Waals surface area contributed by atoms with Gasteiger partial charge in [0.05, 0.1) is 0 Å². The summed E-state index contributed by atoms with van der Waals surface area (Å²) in [5.74, 6) is -0.135. The van der Waals surface area contributed by atoms with E-state index in [1.54, 1.807) is 0 Å². The number of carbonyl (C=O) groups is 1. The number of hydrogen-bond donors (Lipinski definition) is 1. The first-order chi connectivity index (χ1) is 9.47. The average Bonchev–Trinajstić information content (AvgIpc) is 2.87. The van der Waals surface area contributed by atoms with Crippen LogP contribution in [0.4, 0.5) is 0 Å². The molecule has 0 radical (unpaired) electrons. The van der Waals surface area contributed by atoms with Crippen molar-refractivity contribution in [2.24, 2.45) is 5.92 Å². The number of benzene rings is 1. The molecular weight excluding hydrogens is 250 g/mol. The molecule has 20 heavy (non-hydrogen) atoms. The predicted molar refractivity (Wildman–Crippen MR) is 80.9 cm³/mol. The van der Waals surface area contributed by atoms with Crippen LogP contribution in [0.1, 0.15) is 48.9 Å². The van der Waals surface area contributed by atoms with Crippen LogP contribution in [0.2, 0.25) is 0 Å². The van der Waals surface area contributed by atoms with Crippen molar-refractivity contribution in [3.63, 3.8) is 0 Å². The fourth-order valence-electron chi connectivity index (χ4n) is 3.18. The second kappa shape index (κ2) is 6.40. The number of carboxylic acids is 1. The van der Waals surface area contributed by atoms with E-state index < -0.39 is 5.97 Å². The van der Waals surface area contributed by atoms with E-state index in [1.165, 1.54) is 16.7 Å². The van der Waals surface area contributed by atoms with Gasteiger partial charge in [0.25, 0.3) is 0 Å². The maximum Gasteiger partial charge on any atom is 0.303 e. The molecule has 3 heteroatoms. The Kier molecular flexibility index (Phi) is 4.81. The lowest BCUT2D eigenvalue weighted by molar-refractivity contribution is -0.137. The number of aliphatic carboxylic acids is 1. The molecule has 0 bridgehead atoms. The van der Waals surface area contributed by atoms with Crippen molar-refractivity contribution < 1.29 is 9.90 Å². The topological polar surface area (TPSA) is 40.5 Å². The fraction of sp³-hybridized carbons (Fsp3) is 0.588. The summed E-state index contributed by atoms with van der Waals surface area (Å²) in [5.41, 5.74) is 4.06. The first-order valence-electron chi connectivity index (χ1n) is 7.50. The normalized spacial score (nSPS) is 21.1. The van der Waals surface area contributed by atoms with E-state index in [4.69, 9.17) is 5.11 Å². The largest absolute Gasteiger partial charge is 0.481 e. The van der Waals surface area contributed by atoms with E-state index in [-0.39, 0.29) is 0 Å². The van der Waals surface area contributed by atoms with E-state index in [9.17, 15) is 4.79 Å². The molecular formula is C17H25NO2. The summed E-state index contributed by atoms with van der Waals surface area (Å²) in [6, 6.07) is 7.05. The molecule has 2 rings (SSSR count). The van der Waals surface area contributed by atoms with Crippen LogP contribution in [-0.4, -0.2) is 29.1 Å². The van der Waals surface area contributed by atoms with Gasteiger partial charge in [0.15, 0.2) is 0 Å². The first kappa shape index (κ1) is 15.0. The number of likely N-dealkylation sites (tertiary alicyclic amines) is 1. The highest BCUT2D eigenvalue weighted by molar-refractivity contribution is 5.66. The highest BCUT2D eigenvalue weighted by Crippen LogP contribution is 2.31. The number of nitrogens with zero attached hydrogens (tertiary/aromatic N) is 1. The molecule has 1 aliphatic rings. The second-order valence-corrected chi connectivity index (χ2v) is 6.12. The van der Waals surface area contributed by atoms with E-state index in [2.05, 4.69) is 43.9 Å². The van der Waals surface area contributed by atoms with Crippen molar-refractivity contribution in [1.82, 2.24) is 4.90 Å². The summed E-state index contributed by atoms with van der Waals surface area (Å²) in [5, 5.41) is 8.78. The first-order valence-corrected chi connectivity index (χ1v) is 7.50. The Morgan fingerprint density at radius 2 is 2.20 bits per heavy atom. The van der Waals surface area contributed by atoms with Gasteiger partial charge in [-0.25, -0.2) is 0 Å². The fourth-order valence-corrected chi connectivity index (χ4v) is 3.18. The lowest BCUT2D eigenvalue weighted by Crippen LogP contribution is -2.25. The minimum Gasteiger partial charge on any atom is -0.481 e. The summed E-state index contributed by atoms with van der Waals surface area (Å²) in [4.78, 5) is 13.2. The Hall–Kier alpha value is -1.35. The van der Waals surface area contributed by atoms with Gasteiger partial charge < -0.3 is 5.11 Å². The van der Waals surface area contributed by atoms with Crippen molar-refractivity contribution in [1.29, 1.82) is 0 Å². The number of rotatable bonds is 5. The maximum absolute atomic E-state index is 10.7.